The summed E-state index contributed by atoms with van der Waals surface area (Å²) in [6.45, 7) is 5.62. The minimum absolute atomic E-state index is 0.0199. The van der Waals surface area contributed by atoms with Gasteiger partial charge in [0.25, 0.3) is 0 Å². The lowest BCUT2D eigenvalue weighted by Gasteiger charge is -2.45. The van der Waals surface area contributed by atoms with E-state index in [1.54, 1.807) is 0 Å². The van der Waals surface area contributed by atoms with Crippen LogP contribution < -0.4 is 0 Å². The van der Waals surface area contributed by atoms with Gasteiger partial charge in [-0.25, -0.2) is 9.18 Å². The van der Waals surface area contributed by atoms with Crippen molar-refractivity contribution >= 4 is 6.09 Å². The van der Waals surface area contributed by atoms with E-state index in [4.69, 9.17) is 4.74 Å². The first-order chi connectivity index (χ1) is 12.3. The van der Waals surface area contributed by atoms with Crippen molar-refractivity contribution in [3.8, 4) is 6.07 Å². The Morgan fingerprint density at radius 3 is 2.81 bits per heavy atom. The number of benzene rings is 1. The fourth-order valence-electron chi connectivity index (χ4n) is 3.91. The molecule has 138 valence electrons. The quantitative estimate of drug-likeness (QED) is 0.720. The summed E-state index contributed by atoms with van der Waals surface area (Å²) in [5.41, 5.74) is 1.87. The van der Waals surface area contributed by atoms with Crippen molar-refractivity contribution in [2.75, 3.05) is 0 Å². The monoisotopic (exact) mass is 356 g/mol. The minimum atomic E-state index is -0.515. The molecule has 5 heteroatoms. The lowest BCUT2D eigenvalue weighted by Crippen LogP contribution is -2.53. The Labute approximate surface area is 154 Å². The zero-order valence-electron chi connectivity index (χ0n) is 15.6. The molecule has 26 heavy (non-hydrogen) atoms. The van der Waals surface area contributed by atoms with Gasteiger partial charge in [-0.3, -0.25) is 4.90 Å². The van der Waals surface area contributed by atoms with Crippen LogP contribution in [-0.2, 0) is 11.2 Å². The van der Waals surface area contributed by atoms with E-state index in [2.05, 4.69) is 12.1 Å². The number of halogens is 1. The van der Waals surface area contributed by atoms with Crippen LogP contribution in [0.25, 0.3) is 0 Å². The van der Waals surface area contributed by atoms with Gasteiger partial charge in [0.1, 0.15) is 11.4 Å². The number of hydrogen-bond acceptors (Lipinski definition) is 3. The average molecular weight is 356 g/mol. The average Bonchev–Trinajstić information content (AvgIpc) is 2.52. The van der Waals surface area contributed by atoms with Crippen LogP contribution in [0.1, 0.15) is 57.6 Å². The van der Waals surface area contributed by atoms with Crippen LogP contribution in [-0.4, -0.2) is 28.7 Å². The number of amides is 1. The van der Waals surface area contributed by atoms with Crippen LogP contribution in [0.15, 0.2) is 29.8 Å². The van der Waals surface area contributed by atoms with E-state index in [1.807, 2.05) is 25.7 Å². The first kappa shape index (κ1) is 18.4. The molecule has 2 aliphatic rings. The number of carbonyl (C=O) groups excluding carboxylic acids is 1. The molecular formula is C21H25FN2O2. The summed E-state index contributed by atoms with van der Waals surface area (Å²) in [5, 5.41) is 9.26. The van der Waals surface area contributed by atoms with Crippen LogP contribution in [0.2, 0.25) is 0 Å². The van der Waals surface area contributed by atoms with Crippen molar-refractivity contribution in [3.63, 3.8) is 0 Å². The highest BCUT2D eigenvalue weighted by atomic mass is 19.1. The Morgan fingerprint density at radius 1 is 1.38 bits per heavy atom. The highest BCUT2D eigenvalue weighted by molar-refractivity contribution is 5.70. The summed E-state index contributed by atoms with van der Waals surface area (Å²) >= 11 is 0. The molecule has 1 amide bonds. The highest BCUT2D eigenvalue weighted by Crippen LogP contribution is 2.35. The van der Waals surface area contributed by atoms with E-state index in [0.717, 1.165) is 25.7 Å². The van der Waals surface area contributed by atoms with Crippen LogP contribution in [0.4, 0.5) is 9.18 Å². The predicted octanol–water partition coefficient (Wildman–Crippen LogP) is 4.73. The van der Waals surface area contributed by atoms with E-state index in [9.17, 15) is 14.4 Å². The number of rotatable bonds is 2. The highest BCUT2D eigenvalue weighted by Gasteiger charge is 2.39. The molecule has 1 saturated heterocycles. The molecule has 2 unspecified atom stereocenters. The van der Waals surface area contributed by atoms with Crippen molar-refractivity contribution in [2.24, 2.45) is 0 Å². The second-order valence-electron chi connectivity index (χ2n) is 8.16. The zero-order chi connectivity index (χ0) is 18.9. The number of hydrogen-bond donors (Lipinski definition) is 0. The van der Waals surface area contributed by atoms with E-state index < -0.39 is 5.60 Å². The molecule has 1 aromatic carbocycles. The van der Waals surface area contributed by atoms with E-state index in [0.29, 0.717) is 17.5 Å². The third-order valence-electron chi connectivity index (χ3n) is 4.92. The van der Waals surface area contributed by atoms with Crippen molar-refractivity contribution in [1.82, 2.24) is 4.90 Å². The van der Waals surface area contributed by atoms with Gasteiger partial charge in [0.15, 0.2) is 0 Å². The predicted molar refractivity (Wildman–Crippen MR) is 97.0 cm³/mol. The van der Waals surface area contributed by atoms with E-state index in [-0.39, 0.29) is 24.0 Å². The maximum absolute atomic E-state index is 13.6. The van der Waals surface area contributed by atoms with E-state index >= 15 is 0 Å². The maximum atomic E-state index is 13.6. The molecule has 0 aromatic heterocycles. The number of nitriles is 1. The summed E-state index contributed by atoms with van der Waals surface area (Å²) in [6.07, 6.45) is 6.10. The molecule has 0 radical (unpaired) electrons. The molecule has 2 aliphatic heterocycles. The lowest BCUT2D eigenvalue weighted by atomic mass is 9.83. The number of carbonyl (C=O) groups is 1. The Kier molecular flexibility index (Phi) is 5.04. The minimum Gasteiger partial charge on any atom is -0.444 e. The largest absolute Gasteiger partial charge is 0.444 e. The molecule has 2 atom stereocenters. The van der Waals surface area contributed by atoms with Gasteiger partial charge < -0.3 is 4.74 Å². The molecule has 0 saturated carbocycles. The topological polar surface area (TPSA) is 53.3 Å². The van der Waals surface area contributed by atoms with Gasteiger partial charge in [0.2, 0.25) is 0 Å². The fourth-order valence-corrected chi connectivity index (χ4v) is 3.91. The molecule has 0 aliphatic carbocycles. The third kappa shape index (κ3) is 4.07. The lowest BCUT2D eigenvalue weighted by molar-refractivity contribution is -0.00150. The van der Waals surface area contributed by atoms with Crippen molar-refractivity contribution in [1.29, 1.82) is 5.26 Å². The number of nitrogens with zero attached hydrogens (tertiary/aromatic N) is 2. The van der Waals surface area contributed by atoms with Crippen LogP contribution in [0.5, 0.6) is 0 Å². The van der Waals surface area contributed by atoms with Gasteiger partial charge in [0.05, 0.1) is 17.7 Å². The fraction of sp³-hybridized carbons (Fsp3) is 0.524. The van der Waals surface area contributed by atoms with E-state index in [1.165, 1.54) is 23.8 Å². The Bertz CT molecular complexity index is 773. The van der Waals surface area contributed by atoms with Gasteiger partial charge in [0, 0.05) is 6.04 Å². The molecule has 3 rings (SSSR count). The molecule has 1 fully saturated rings. The number of ether oxygens (including phenoxy) is 1. The summed E-state index contributed by atoms with van der Waals surface area (Å²) in [4.78, 5) is 14.5. The van der Waals surface area contributed by atoms with Crippen molar-refractivity contribution in [2.45, 2.75) is 70.6 Å². The molecule has 0 spiro atoms. The second kappa shape index (κ2) is 7.11. The van der Waals surface area contributed by atoms with Crippen LogP contribution >= 0.6 is 0 Å². The van der Waals surface area contributed by atoms with Gasteiger partial charge in [-0.1, -0.05) is 11.6 Å². The molecular weight excluding hydrogens is 331 g/mol. The SMILES string of the molecule is CC(C)(C)OC(=O)N1C2C=C(Cc3cc(F)ccc3C#N)CC1CCC2. The standard InChI is InChI=1S/C21H25FN2O2/c1-21(2,3)26-20(25)24-18-5-4-6-19(24)11-14(10-18)9-16-12-17(22)8-7-15(16)13-23/h7-8,10,12,18-19H,4-6,9,11H2,1-3H3. The molecule has 2 heterocycles. The van der Waals surface area contributed by atoms with Gasteiger partial charge in [-0.2, -0.15) is 5.26 Å². The van der Waals surface area contributed by atoms with Gasteiger partial charge in [-0.05, 0) is 76.6 Å². The second-order valence-corrected chi connectivity index (χ2v) is 8.16. The molecule has 0 N–H and O–H groups in total. The first-order valence-electron chi connectivity index (χ1n) is 9.16. The molecule has 1 aromatic rings. The third-order valence-corrected chi connectivity index (χ3v) is 4.92. The summed E-state index contributed by atoms with van der Waals surface area (Å²) in [5.74, 6) is -0.328. The van der Waals surface area contributed by atoms with Crippen LogP contribution in [0, 0.1) is 17.1 Å². The normalized spacial score (nSPS) is 22.4. The first-order valence-corrected chi connectivity index (χ1v) is 9.16. The summed E-state index contributed by atoms with van der Waals surface area (Å²) in [6, 6.07) is 6.56. The number of fused-ring (bicyclic) bond motifs is 2. The zero-order valence-corrected chi connectivity index (χ0v) is 15.6. The summed E-state index contributed by atoms with van der Waals surface area (Å²) < 4.78 is 19.2. The smallest absolute Gasteiger partial charge is 0.411 e. The summed E-state index contributed by atoms with van der Waals surface area (Å²) in [7, 11) is 0. The van der Waals surface area contributed by atoms with Crippen molar-refractivity contribution in [3.05, 3.63) is 46.8 Å². The Morgan fingerprint density at radius 2 is 2.15 bits per heavy atom. The Hall–Kier alpha value is -2.35. The van der Waals surface area contributed by atoms with Crippen LogP contribution in [0.3, 0.4) is 0 Å². The van der Waals surface area contributed by atoms with Gasteiger partial charge in [-0.15, -0.1) is 0 Å². The number of piperidine rings is 1. The molecule has 2 bridgehead atoms. The van der Waals surface area contributed by atoms with Crippen molar-refractivity contribution < 1.29 is 13.9 Å². The molecule has 4 nitrogen and oxygen atoms in total. The Balaban J connectivity index is 1.82. The van der Waals surface area contributed by atoms with Gasteiger partial charge >= 0.3 is 6.09 Å². The maximum Gasteiger partial charge on any atom is 0.411 e.